The predicted molar refractivity (Wildman–Crippen MR) is 146 cm³/mol. The van der Waals surface area contributed by atoms with Gasteiger partial charge >= 0.3 is 12.2 Å². The van der Waals surface area contributed by atoms with Gasteiger partial charge in [0.25, 0.3) is 0 Å². The lowest BCUT2D eigenvalue weighted by Crippen LogP contribution is -2.42. The fourth-order valence-corrected chi connectivity index (χ4v) is 4.04. The largest absolute Gasteiger partial charge is 0.418 e. The molecular formula is C29H27F4N5O3. The van der Waals surface area contributed by atoms with E-state index in [2.05, 4.69) is 15.7 Å². The summed E-state index contributed by atoms with van der Waals surface area (Å²) in [6.45, 7) is -0.172. The lowest BCUT2D eigenvalue weighted by atomic mass is 10.1. The van der Waals surface area contributed by atoms with Crippen molar-refractivity contribution in [3.8, 4) is 16.9 Å². The lowest BCUT2D eigenvalue weighted by Gasteiger charge is -2.23. The highest BCUT2D eigenvalue weighted by molar-refractivity contribution is 5.97. The Labute approximate surface area is 233 Å². The first kappa shape index (κ1) is 29.3. The van der Waals surface area contributed by atoms with Crippen LogP contribution in [0.5, 0.6) is 0 Å². The van der Waals surface area contributed by atoms with Crippen molar-refractivity contribution < 1.29 is 31.9 Å². The molecule has 3 amide bonds. The molecule has 0 fully saturated rings. The third-order valence-electron chi connectivity index (χ3n) is 5.99. The Morgan fingerprint density at radius 1 is 0.951 bits per heavy atom. The smallest absolute Gasteiger partial charge is 0.385 e. The maximum Gasteiger partial charge on any atom is 0.418 e. The molecule has 0 aliphatic rings. The number of nitrogens with one attached hydrogen (secondary N) is 2. The number of carbonyl (C=O) groups is 2. The maximum atomic E-state index is 13.6. The van der Waals surface area contributed by atoms with Crippen molar-refractivity contribution in [2.24, 2.45) is 0 Å². The number of hydrogen-bond acceptors (Lipinski definition) is 4. The molecule has 214 valence electrons. The summed E-state index contributed by atoms with van der Waals surface area (Å²) in [5.41, 5.74) is 0.342. The first-order valence-electron chi connectivity index (χ1n) is 12.6. The minimum absolute atomic E-state index is 0.0355. The van der Waals surface area contributed by atoms with Gasteiger partial charge in [-0.2, -0.15) is 18.3 Å². The third-order valence-corrected chi connectivity index (χ3v) is 5.99. The molecule has 4 rings (SSSR count). The zero-order valence-corrected chi connectivity index (χ0v) is 22.0. The van der Waals surface area contributed by atoms with Crippen molar-refractivity contribution in [3.05, 3.63) is 96.3 Å². The van der Waals surface area contributed by atoms with Gasteiger partial charge in [-0.05, 0) is 42.8 Å². The molecule has 0 aliphatic heterocycles. The number of methoxy groups -OCH3 is 1. The third kappa shape index (κ3) is 7.70. The van der Waals surface area contributed by atoms with Gasteiger partial charge in [-0.3, -0.25) is 4.79 Å². The van der Waals surface area contributed by atoms with Crippen LogP contribution in [0.25, 0.3) is 16.9 Å². The number of alkyl halides is 3. The number of anilines is 2. The first-order chi connectivity index (χ1) is 19.7. The molecule has 1 heterocycles. The van der Waals surface area contributed by atoms with Crippen LogP contribution in [0.4, 0.5) is 33.9 Å². The first-order valence-corrected chi connectivity index (χ1v) is 12.6. The normalized spacial score (nSPS) is 11.2. The van der Waals surface area contributed by atoms with Gasteiger partial charge in [-0.15, -0.1) is 0 Å². The summed E-state index contributed by atoms with van der Waals surface area (Å²) in [6, 6.07) is 20.0. The Bertz CT molecular complexity index is 1470. The number of nitrogens with zero attached hydrogens (tertiary/aromatic N) is 3. The fraction of sp³-hybridized carbons (Fsp3) is 0.207. The van der Waals surface area contributed by atoms with E-state index in [9.17, 15) is 27.2 Å². The standard InChI is InChI=1S/C29H27F4N5O3/c1-41-17-7-16-37(28(40)34-24-11-6-5-10-23(24)29(31,32)33)19-27(39)35-26-18-25(20-8-3-2-4-9-20)36-38(26)22-14-12-21(30)13-15-22/h2-6,8-15,18H,7,16-17,19H2,1H3,(H,34,40)(H,35,39). The van der Waals surface area contributed by atoms with E-state index in [-0.39, 0.29) is 19.0 Å². The molecule has 2 N–H and O–H groups in total. The molecule has 1 aromatic heterocycles. The summed E-state index contributed by atoms with van der Waals surface area (Å²) in [5, 5.41) is 9.56. The molecule has 41 heavy (non-hydrogen) atoms. The molecule has 0 saturated heterocycles. The average Bonchev–Trinajstić information content (AvgIpc) is 3.36. The number of hydrogen-bond donors (Lipinski definition) is 2. The quantitative estimate of drug-likeness (QED) is 0.176. The van der Waals surface area contributed by atoms with E-state index in [0.29, 0.717) is 17.8 Å². The number of ether oxygens (including phenoxy) is 1. The summed E-state index contributed by atoms with van der Waals surface area (Å²) >= 11 is 0. The van der Waals surface area contributed by atoms with Crippen LogP contribution < -0.4 is 10.6 Å². The molecule has 0 saturated carbocycles. The van der Waals surface area contributed by atoms with Gasteiger partial charge in [0.2, 0.25) is 5.91 Å². The summed E-state index contributed by atoms with van der Waals surface area (Å²) in [6.07, 6.45) is -4.35. The second-order valence-corrected chi connectivity index (χ2v) is 8.96. The molecule has 0 unspecified atom stereocenters. The van der Waals surface area contributed by atoms with Gasteiger partial charge in [0.1, 0.15) is 18.2 Å². The second-order valence-electron chi connectivity index (χ2n) is 8.96. The number of para-hydroxylation sites is 1. The van der Waals surface area contributed by atoms with Gasteiger partial charge in [0.05, 0.1) is 22.6 Å². The van der Waals surface area contributed by atoms with Crippen LogP contribution in [0.3, 0.4) is 0 Å². The monoisotopic (exact) mass is 569 g/mol. The van der Waals surface area contributed by atoms with Crippen molar-refractivity contribution >= 4 is 23.4 Å². The van der Waals surface area contributed by atoms with Gasteiger partial charge in [-0.1, -0.05) is 42.5 Å². The fourth-order valence-electron chi connectivity index (χ4n) is 4.04. The molecule has 0 radical (unpaired) electrons. The van der Waals surface area contributed by atoms with Gasteiger partial charge in [-0.25, -0.2) is 13.9 Å². The number of rotatable bonds is 10. The molecule has 8 nitrogen and oxygen atoms in total. The Balaban J connectivity index is 1.57. The molecule has 4 aromatic rings. The molecule has 0 spiro atoms. The van der Waals surface area contributed by atoms with Crippen molar-refractivity contribution in [1.82, 2.24) is 14.7 Å². The number of carbonyl (C=O) groups excluding carboxylic acids is 2. The van der Waals surface area contributed by atoms with Crippen LogP contribution in [-0.2, 0) is 15.7 Å². The Morgan fingerprint density at radius 2 is 1.63 bits per heavy atom. The highest BCUT2D eigenvalue weighted by Crippen LogP contribution is 2.34. The highest BCUT2D eigenvalue weighted by atomic mass is 19.4. The van der Waals surface area contributed by atoms with E-state index < -0.39 is 41.7 Å². The van der Waals surface area contributed by atoms with E-state index in [1.54, 1.807) is 6.07 Å². The Kier molecular flexibility index (Phi) is 9.35. The molecular weight excluding hydrogens is 542 g/mol. The minimum atomic E-state index is -4.68. The number of halogens is 4. The van der Waals surface area contributed by atoms with E-state index in [0.717, 1.165) is 22.6 Å². The molecule has 3 aromatic carbocycles. The van der Waals surface area contributed by atoms with Crippen LogP contribution in [0.2, 0.25) is 0 Å². The molecule has 0 bridgehead atoms. The number of aromatic nitrogens is 2. The van der Waals surface area contributed by atoms with Crippen molar-refractivity contribution in [3.63, 3.8) is 0 Å². The number of urea groups is 1. The van der Waals surface area contributed by atoms with E-state index in [4.69, 9.17) is 4.74 Å². The lowest BCUT2D eigenvalue weighted by molar-refractivity contribution is -0.137. The summed E-state index contributed by atoms with van der Waals surface area (Å²) in [7, 11) is 1.47. The maximum absolute atomic E-state index is 13.6. The number of amides is 3. The van der Waals surface area contributed by atoms with Gasteiger partial charge in [0.15, 0.2) is 0 Å². The van der Waals surface area contributed by atoms with E-state index in [1.807, 2.05) is 30.3 Å². The SMILES string of the molecule is COCCCN(CC(=O)Nc1cc(-c2ccccc2)nn1-c1ccc(F)cc1)C(=O)Nc1ccccc1C(F)(F)F. The molecule has 0 aliphatic carbocycles. The van der Waals surface area contributed by atoms with Crippen LogP contribution >= 0.6 is 0 Å². The minimum Gasteiger partial charge on any atom is -0.385 e. The highest BCUT2D eigenvalue weighted by Gasteiger charge is 2.34. The van der Waals surface area contributed by atoms with E-state index in [1.165, 1.54) is 48.2 Å². The van der Waals surface area contributed by atoms with Crippen molar-refractivity contribution in [2.75, 3.05) is 37.4 Å². The zero-order valence-electron chi connectivity index (χ0n) is 22.0. The molecule has 12 heteroatoms. The number of benzene rings is 3. The Morgan fingerprint density at radius 3 is 2.32 bits per heavy atom. The van der Waals surface area contributed by atoms with Crippen molar-refractivity contribution in [2.45, 2.75) is 12.6 Å². The van der Waals surface area contributed by atoms with Crippen molar-refractivity contribution in [1.29, 1.82) is 0 Å². The van der Waals surface area contributed by atoms with Gasteiger partial charge < -0.3 is 20.3 Å². The van der Waals surface area contributed by atoms with Crippen LogP contribution in [-0.4, -0.2) is 53.4 Å². The zero-order chi connectivity index (χ0) is 29.4. The van der Waals surface area contributed by atoms with Crippen LogP contribution in [0.1, 0.15) is 12.0 Å². The summed E-state index contributed by atoms with van der Waals surface area (Å²) in [5.74, 6) is -0.816. The van der Waals surface area contributed by atoms with Gasteiger partial charge in [0, 0.05) is 31.9 Å². The second kappa shape index (κ2) is 13.1. The Hall–Kier alpha value is -4.71. The van der Waals surface area contributed by atoms with E-state index >= 15 is 0 Å². The topological polar surface area (TPSA) is 88.5 Å². The summed E-state index contributed by atoms with van der Waals surface area (Å²) < 4.78 is 60.4. The van der Waals surface area contributed by atoms with Crippen LogP contribution in [0, 0.1) is 5.82 Å². The predicted octanol–water partition coefficient (Wildman–Crippen LogP) is 6.21. The summed E-state index contributed by atoms with van der Waals surface area (Å²) in [4.78, 5) is 27.3. The molecule has 0 atom stereocenters. The van der Waals surface area contributed by atoms with Crippen LogP contribution in [0.15, 0.2) is 84.9 Å². The average molecular weight is 570 g/mol.